The van der Waals surface area contributed by atoms with Crippen LogP contribution in [-0.2, 0) is 6.54 Å². The summed E-state index contributed by atoms with van der Waals surface area (Å²) in [5, 5.41) is 12.9. The Morgan fingerprint density at radius 1 is 1.39 bits per heavy atom. The molecular formula is C19H30N2O2. The molecule has 0 aromatic heterocycles. The van der Waals surface area contributed by atoms with Crippen LogP contribution in [0.15, 0.2) is 24.3 Å². The van der Waals surface area contributed by atoms with Crippen molar-refractivity contribution in [3.05, 3.63) is 35.4 Å². The number of aliphatic hydroxyl groups is 1. The molecule has 2 rings (SSSR count). The van der Waals surface area contributed by atoms with Crippen LogP contribution >= 0.6 is 0 Å². The molecule has 2 unspecified atom stereocenters. The number of benzene rings is 1. The Bertz CT molecular complexity index is 516. The minimum absolute atomic E-state index is 0.00517. The van der Waals surface area contributed by atoms with E-state index in [1.807, 2.05) is 18.2 Å². The Balaban J connectivity index is 1.90. The fraction of sp³-hybridized carbons (Fsp3) is 0.632. The molecule has 0 heterocycles. The molecule has 23 heavy (non-hydrogen) atoms. The average Bonchev–Trinajstić information content (AvgIpc) is 2.90. The molecule has 1 fully saturated rings. The van der Waals surface area contributed by atoms with Gasteiger partial charge in [-0.3, -0.25) is 4.79 Å². The van der Waals surface area contributed by atoms with Gasteiger partial charge in [0.15, 0.2) is 0 Å². The van der Waals surface area contributed by atoms with E-state index in [4.69, 9.17) is 0 Å². The maximum absolute atomic E-state index is 12.2. The number of nitrogens with one attached hydrogen (secondary N) is 1. The minimum Gasteiger partial charge on any atom is -0.393 e. The van der Waals surface area contributed by atoms with Crippen LogP contribution in [-0.4, -0.2) is 42.2 Å². The summed E-state index contributed by atoms with van der Waals surface area (Å²) in [6.07, 6.45) is 3.03. The van der Waals surface area contributed by atoms with E-state index in [2.05, 4.69) is 37.2 Å². The number of carbonyl (C=O) groups is 1. The molecular weight excluding hydrogens is 288 g/mol. The van der Waals surface area contributed by atoms with Gasteiger partial charge in [0.05, 0.1) is 6.10 Å². The van der Waals surface area contributed by atoms with Crippen LogP contribution in [0.25, 0.3) is 0 Å². The minimum atomic E-state index is -0.148. The van der Waals surface area contributed by atoms with Crippen molar-refractivity contribution >= 4 is 5.91 Å². The molecule has 1 aliphatic rings. The number of carbonyl (C=O) groups excluding carboxylic acids is 1. The molecule has 4 nitrogen and oxygen atoms in total. The van der Waals surface area contributed by atoms with Gasteiger partial charge < -0.3 is 15.3 Å². The molecule has 0 spiro atoms. The summed E-state index contributed by atoms with van der Waals surface area (Å²) in [4.78, 5) is 14.4. The first-order chi connectivity index (χ1) is 11.0. The topological polar surface area (TPSA) is 52.6 Å². The van der Waals surface area contributed by atoms with Crippen molar-refractivity contribution in [1.29, 1.82) is 0 Å². The van der Waals surface area contributed by atoms with Gasteiger partial charge in [0.25, 0.3) is 5.91 Å². The summed E-state index contributed by atoms with van der Waals surface area (Å²) in [6, 6.07) is 7.83. The number of aliphatic hydroxyl groups excluding tert-OH is 1. The maximum Gasteiger partial charge on any atom is 0.251 e. The van der Waals surface area contributed by atoms with Crippen molar-refractivity contribution in [2.75, 3.05) is 20.1 Å². The predicted molar refractivity (Wildman–Crippen MR) is 93.3 cm³/mol. The van der Waals surface area contributed by atoms with E-state index < -0.39 is 0 Å². The number of hydrogen-bond donors (Lipinski definition) is 2. The lowest BCUT2D eigenvalue weighted by atomic mass is 10.0. The SMILES string of the molecule is CC(C)CNC(=O)c1cccc(CN(C)CC2CCCC2O)c1. The van der Waals surface area contributed by atoms with E-state index in [1.165, 1.54) is 0 Å². The van der Waals surface area contributed by atoms with Gasteiger partial charge in [-0.15, -0.1) is 0 Å². The highest BCUT2D eigenvalue weighted by atomic mass is 16.3. The first-order valence-corrected chi connectivity index (χ1v) is 8.69. The molecule has 4 heteroatoms. The third-order valence-corrected chi connectivity index (χ3v) is 4.48. The van der Waals surface area contributed by atoms with Crippen molar-refractivity contribution in [1.82, 2.24) is 10.2 Å². The fourth-order valence-corrected chi connectivity index (χ4v) is 3.22. The Hall–Kier alpha value is -1.39. The lowest BCUT2D eigenvalue weighted by Crippen LogP contribution is -2.30. The van der Waals surface area contributed by atoms with Gasteiger partial charge >= 0.3 is 0 Å². The average molecular weight is 318 g/mol. The zero-order chi connectivity index (χ0) is 16.8. The molecule has 0 saturated heterocycles. The van der Waals surface area contributed by atoms with E-state index in [1.54, 1.807) is 0 Å². The van der Waals surface area contributed by atoms with E-state index in [0.29, 0.717) is 18.4 Å². The third kappa shape index (κ3) is 5.63. The van der Waals surface area contributed by atoms with Crippen LogP contribution in [0.1, 0.15) is 49.0 Å². The highest BCUT2D eigenvalue weighted by Crippen LogP contribution is 2.26. The molecule has 1 aliphatic carbocycles. The summed E-state index contributed by atoms with van der Waals surface area (Å²) in [7, 11) is 2.08. The molecule has 1 amide bonds. The quantitative estimate of drug-likeness (QED) is 0.813. The Kier molecular flexibility index (Phi) is 6.60. The number of hydrogen-bond acceptors (Lipinski definition) is 3. The smallest absolute Gasteiger partial charge is 0.251 e. The molecule has 2 N–H and O–H groups in total. The summed E-state index contributed by atoms with van der Waals surface area (Å²) < 4.78 is 0. The lowest BCUT2D eigenvalue weighted by Gasteiger charge is -2.23. The van der Waals surface area contributed by atoms with Crippen molar-refractivity contribution in [2.24, 2.45) is 11.8 Å². The second-order valence-electron chi connectivity index (χ2n) is 7.26. The number of amides is 1. The Morgan fingerprint density at radius 2 is 2.17 bits per heavy atom. The fourth-order valence-electron chi connectivity index (χ4n) is 3.22. The van der Waals surface area contributed by atoms with Crippen LogP contribution in [0.5, 0.6) is 0 Å². The molecule has 1 saturated carbocycles. The van der Waals surface area contributed by atoms with Gasteiger partial charge in [0.2, 0.25) is 0 Å². The Labute approximate surface area is 139 Å². The van der Waals surface area contributed by atoms with Gasteiger partial charge in [-0.2, -0.15) is 0 Å². The molecule has 128 valence electrons. The van der Waals surface area contributed by atoms with Gasteiger partial charge in [-0.1, -0.05) is 32.4 Å². The zero-order valence-corrected chi connectivity index (χ0v) is 14.6. The van der Waals surface area contributed by atoms with E-state index in [0.717, 1.165) is 43.5 Å². The van der Waals surface area contributed by atoms with Gasteiger partial charge in [0, 0.05) is 25.2 Å². The molecule has 1 aromatic carbocycles. The summed E-state index contributed by atoms with van der Waals surface area (Å²) >= 11 is 0. The van der Waals surface area contributed by atoms with E-state index >= 15 is 0 Å². The summed E-state index contributed by atoms with van der Waals surface area (Å²) in [5.41, 5.74) is 1.86. The first-order valence-electron chi connectivity index (χ1n) is 8.69. The highest BCUT2D eigenvalue weighted by Gasteiger charge is 2.26. The lowest BCUT2D eigenvalue weighted by molar-refractivity contribution is 0.0949. The van der Waals surface area contributed by atoms with Crippen molar-refractivity contribution in [3.8, 4) is 0 Å². The number of rotatable bonds is 7. The molecule has 0 aliphatic heterocycles. The highest BCUT2D eigenvalue weighted by molar-refractivity contribution is 5.94. The Morgan fingerprint density at radius 3 is 2.83 bits per heavy atom. The van der Waals surface area contributed by atoms with E-state index in [-0.39, 0.29) is 12.0 Å². The van der Waals surface area contributed by atoms with Crippen LogP contribution in [0.2, 0.25) is 0 Å². The predicted octanol–water partition coefficient (Wildman–Crippen LogP) is 2.67. The number of nitrogens with zero attached hydrogens (tertiary/aromatic N) is 1. The second-order valence-corrected chi connectivity index (χ2v) is 7.26. The van der Waals surface area contributed by atoms with Crippen molar-refractivity contribution in [3.63, 3.8) is 0 Å². The maximum atomic E-state index is 12.2. The van der Waals surface area contributed by atoms with Crippen LogP contribution in [0, 0.1) is 11.8 Å². The second kappa shape index (κ2) is 8.46. The van der Waals surface area contributed by atoms with Crippen molar-refractivity contribution < 1.29 is 9.90 Å². The summed E-state index contributed by atoms with van der Waals surface area (Å²) in [5.74, 6) is 0.832. The van der Waals surface area contributed by atoms with Crippen molar-refractivity contribution in [2.45, 2.75) is 45.8 Å². The summed E-state index contributed by atoms with van der Waals surface area (Å²) in [6.45, 7) is 6.58. The monoisotopic (exact) mass is 318 g/mol. The molecule has 2 atom stereocenters. The van der Waals surface area contributed by atoms with Crippen LogP contribution < -0.4 is 5.32 Å². The van der Waals surface area contributed by atoms with Gasteiger partial charge in [-0.25, -0.2) is 0 Å². The van der Waals surface area contributed by atoms with E-state index in [9.17, 15) is 9.90 Å². The van der Waals surface area contributed by atoms with Crippen LogP contribution in [0.4, 0.5) is 0 Å². The normalized spacial score (nSPS) is 21.1. The first kappa shape index (κ1) is 18.0. The largest absolute Gasteiger partial charge is 0.393 e. The molecule has 0 bridgehead atoms. The third-order valence-electron chi connectivity index (χ3n) is 4.48. The van der Waals surface area contributed by atoms with Gasteiger partial charge in [-0.05, 0) is 49.4 Å². The standard InChI is InChI=1S/C19H30N2O2/c1-14(2)11-20-19(23)16-7-4-6-15(10-16)12-21(3)13-17-8-5-9-18(17)22/h4,6-7,10,14,17-18,22H,5,8-9,11-13H2,1-3H3,(H,20,23). The van der Waals surface area contributed by atoms with Crippen LogP contribution in [0.3, 0.4) is 0 Å². The molecule has 1 aromatic rings. The van der Waals surface area contributed by atoms with Gasteiger partial charge in [0.1, 0.15) is 0 Å². The molecule has 0 radical (unpaired) electrons. The zero-order valence-electron chi connectivity index (χ0n) is 14.6.